The first-order valence-corrected chi connectivity index (χ1v) is 9.35. The molecule has 0 aliphatic heterocycles. The lowest BCUT2D eigenvalue weighted by Crippen LogP contribution is -2.31. The van der Waals surface area contributed by atoms with E-state index in [4.69, 9.17) is 17.3 Å². The Labute approximate surface area is 158 Å². The third-order valence-electron chi connectivity index (χ3n) is 5.13. The normalized spacial score (nSPS) is 19.9. The molecule has 3 rings (SSSR count). The van der Waals surface area contributed by atoms with Gasteiger partial charge < -0.3 is 16.2 Å². The average Bonchev–Trinajstić information content (AvgIpc) is 2.69. The number of aliphatic hydroxyl groups excluding tert-OH is 1. The van der Waals surface area contributed by atoms with Crippen molar-refractivity contribution >= 4 is 23.3 Å². The quantitative estimate of drug-likeness (QED) is 0.748. The molecule has 1 aromatic carbocycles. The molecule has 0 atom stereocenters. The Morgan fingerprint density at radius 2 is 1.81 bits per heavy atom. The predicted octanol–water partition coefficient (Wildman–Crippen LogP) is 3.51. The van der Waals surface area contributed by atoms with Crippen molar-refractivity contribution in [2.45, 2.75) is 25.7 Å². The summed E-state index contributed by atoms with van der Waals surface area (Å²) in [4.78, 5) is 16.4. The molecule has 6 heteroatoms. The molecular weight excluding hydrogens is 350 g/mol. The molecular formula is C20H24ClN3O2. The van der Waals surface area contributed by atoms with Gasteiger partial charge in [-0.2, -0.15) is 0 Å². The fourth-order valence-electron chi connectivity index (χ4n) is 3.38. The molecule has 0 bridgehead atoms. The van der Waals surface area contributed by atoms with Crippen molar-refractivity contribution in [1.82, 2.24) is 10.3 Å². The van der Waals surface area contributed by atoms with Crippen molar-refractivity contribution < 1.29 is 9.90 Å². The number of pyridine rings is 1. The van der Waals surface area contributed by atoms with Crippen molar-refractivity contribution in [2.24, 2.45) is 11.8 Å². The molecule has 1 amide bonds. The lowest BCUT2D eigenvalue weighted by atomic mass is 9.82. The summed E-state index contributed by atoms with van der Waals surface area (Å²) >= 11 is 6.01. The molecule has 0 unspecified atom stereocenters. The molecule has 0 saturated heterocycles. The summed E-state index contributed by atoms with van der Waals surface area (Å²) in [5.41, 5.74) is 8.05. The van der Waals surface area contributed by atoms with Crippen LogP contribution in [-0.2, 0) is 0 Å². The molecule has 1 fully saturated rings. The van der Waals surface area contributed by atoms with E-state index in [0.29, 0.717) is 34.8 Å². The first kappa shape index (κ1) is 18.7. The van der Waals surface area contributed by atoms with Gasteiger partial charge in [-0.3, -0.25) is 4.79 Å². The number of nitrogens with one attached hydrogen (secondary N) is 1. The van der Waals surface area contributed by atoms with Crippen LogP contribution in [0.4, 0.5) is 5.82 Å². The second-order valence-electron chi connectivity index (χ2n) is 6.95. The number of halogens is 1. The van der Waals surface area contributed by atoms with Gasteiger partial charge in [-0.1, -0.05) is 23.7 Å². The second-order valence-corrected chi connectivity index (χ2v) is 7.35. The van der Waals surface area contributed by atoms with E-state index in [1.54, 1.807) is 24.4 Å². The van der Waals surface area contributed by atoms with Crippen LogP contribution in [0.1, 0.15) is 36.0 Å². The maximum absolute atomic E-state index is 12.4. The highest BCUT2D eigenvalue weighted by atomic mass is 35.5. The third kappa shape index (κ3) is 4.54. The number of hydrogen-bond donors (Lipinski definition) is 3. The largest absolute Gasteiger partial charge is 0.396 e. The maximum Gasteiger partial charge on any atom is 0.251 e. The molecule has 1 heterocycles. The van der Waals surface area contributed by atoms with Gasteiger partial charge in [0.15, 0.2) is 0 Å². The minimum absolute atomic E-state index is 0.0608. The first-order valence-electron chi connectivity index (χ1n) is 8.97. The number of carbonyl (C=O) groups is 1. The number of aromatic nitrogens is 1. The minimum Gasteiger partial charge on any atom is -0.396 e. The van der Waals surface area contributed by atoms with Gasteiger partial charge in [0.25, 0.3) is 5.91 Å². The van der Waals surface area contributed by atoms with Gasteiger partial charge in [-0.25, -0.2) is 4.98 Å². The van der Waals surface area contributed by atoms with Crippen LogP contribution in [-0.4, -0.2) is 29.1 Å². The molecule has 1 saturated carbocycles. The van der Waals surface area contributed by atoms with Gasteiger partial charge in [-0.15, -0.1) is 0 Å². The molecule has 1 aromatic heterocycles. The second kappa shape index (κ2) is 8.52. The lowest BCUT2D eigenvalue weighted by Gasteiger charge is -2.27. The number of hydrogen-bond acceptors (Lipinski definition) is 4. The van der Waals surface area contributed by atoms with E-state index in [-0.39, 0.29) is 12.5 Å². The Hall–Kier alpha value is -2.11. The van der Waals surface area contributed by atoms with Crippen LogP contribution < -0.4 is 11.1 Å². The number of anilines is 1. The van der Waals surface area contributed by atoms with Gasteiger partial charge in [0.05, 0.1) is 5.02 Å². The number of benzene rings is 1. The van der Waals surface area contributed by atoms with Crippen LogP contribution in [0.25, 0.3) is 11.1 Å². The topological polar surface area (TPSA) is 88.2 Å². The van der Waals surface area contributed by atoms with Crippen molar-refractivity contribution in [3.8, 4) is 11.1 Å². The lowest BCUT2D eigenvalue weighted by molar-refractivity contribution is 0.0937. The number of nitrogens with two attached hydrogens (primary N) is 1. The van der Waals surface area contributed by atoms with Crippen LogP contribution in [0.5, 0.6) is 0 Å². The zero-order valence-corrected chi connectivity index (χ0v) is 15.4. The van der Waals surface area contributed by atoms with Crippen LogP contribution in [0.15, 0.2) is 36.5 Å². The summed E-state index contributed by atoms with van der Waals surface area (Å²) in [6.07, 6.45) is 5.89. The van der Waals surface area contributed by atoms with E-state index in [0.717, 1.165) is 36.8 Å². The number of carbonyl (C=O) groups excluding carboxylic acids is 1. The zero-order chi connectivity index (χ0) is 18.5. The summed E-state index contributed by atoms with van der Waals surface area (Å²) in [6.45, 7) is 0.969. The van der Waals surface area contributed by atoms with Gasteiger partial charge in [0.1, 0.15) is 5.82 Å². The highest BCUT2D eigenvalue weighted by Crippen LogP contribution is 2.28. The molecule has 1 aliphatic carbocycles. The Kier molecular flexibility index (Phi) is 6.12. The SMILES string of the molecule is Nc1ncc(-c2ccc(C(=O)NCC3CCC(CO)CC3)cc2)cc1Cl. The fraction of sp³-hybridized carbons (Fsp3) is 0.400. The van der Waals surface area contributed by atoms with Gasteiger partial charge >= 0.3 is 0 Å². The zero-order valence-electron chi connectivity index (χ0n) is 14.6. The highest BCUT2D eigenvalue weighted by molar-refractivity contribution is 6.33. The standard InChI is InChI=1S/C20H24ClN3O2/c21-18-9-17(11-23-19(18)22)15-5-7-16(8-6-15)20(26)24-10-13-1-3-14(12-25)4-2-13/h5-9,11,13-14,25H,1-4,10,12H2,(H2,22,23)(H,24,26). The van der Waals surface area contributed by atoms with Crippen molar-refractivity contribution in [2.75, 3.05) is 18.9 Å². The fourth-order valence-corrected chi connectivity index (χ4v) is 3.54. The average molecular weight is 374 g/mol. The van der Waals surface area contributed by atoms with E-state index in [1.165, 1.54) is 0 Å². The van der Waals surface area contributed by atoms with Crippen molar-refractivity contribution in [3.63, 3.8) is 0 Å². The number of aliphatic hydroxyl groups is 1. The van der Waals surface area contributed by atoms with Crippen LogP contribution in [0, 0.1) is 11.8 Å². The highest BCUT2D eigenvalue weighted by Gasteiger charge is 2.21. The summed E-state index contributed by atoms with van der Waals surface area (Å²) < 4.78 is 0. The third-order valence-corrected chi connectivity index (χ3v) is 5.43. The number of rotatable bonds is 5. The minimum atomic E-state index is -0.0608. The van der Waals surface area contributed by atoms with Gasteiger partial charge in [-0.05, 0) is 61.3 Å². The van der Waals surface area contributed by atoms with Gasteiger partial charge in [0, 0.05) is 30.5 Å². The molecule has 0 spiro atoms. The van der Waals surface area contributed by atoms with E-state index >= 15 is 0 Å². The van der Waals surface area contributed by atoms with Gasteiger partial charge in [0.2, 0.25) is 0 Å². The molecule has 5 nitrogen and oxygen atoms in total. The van der Waals surface area contributed by atoms with E-state index in [1.807, 2.05) is 12.1 Å². The first-order chi connectivity index (χ1) is 12.6. The van der Waals surface area contributed by atoms with Crippen molar-refractivity contribution in [1.29, 1.82) is 0 Å². The predicted molar refractivity (Wildman–Crippen MR) is 104 cm³/mol. The van der Waals surface area contributed by atoms with Crippen LogP contribution in [0.2, 0.25) is 5.02 Å². The number of nitrogens with zero attached hydrogens (tertiary/aromatic N) is 1. The molecule has 138 valence electrons. The summed E-state index contributed by atoms with van der Waals surface area (Å²) in [7, 11) is 0. The van der Waals surface area contributed by atoms with Crippen LogP contribution >= 0.6 is 11.6 Å². The Balaban J connectivity index is 1.56. The van der Waals surface area contributed by atoms with Crippen LogP contribution in [0.3, 0.4) is 0 Å². The number of nitrogen functional groups attached to an aromatic ring is 1. The Morgan fingerprint density at radius 1 is 1.15 bits per heavy atom. The maximum atomic E-state index is 12.4. The Bertz CT molecular complexity index is 756. The molecule has 1 aliphatic rings. The van der Waals surface area contributed by atoms with Crippen molar-refractivity contribution in [3.05, 3.63) is 47.1 Å². The number of amides is 1. The monoisotopic (exact) mass is 373 g/mol. The summed E-state index contributed by atoms with van der Waals surface area (Å²) in [5.74, 6) is 1.18. The van der Waals surface area contributed by atoms with E-state index in [9.17, 15) is 9.90 Å². The smallest absolute Gasteiger partial charge is 0.251 e. The van der Waals surface area contributed by atoms with E-state index < -0.39 is 0 Å². The van der Waals surface area contributed by atoms with E-state index in [2.05, 4.69) is 10.3 Å². The molecule has 2 aromatic rings. The summed E-state index contributed by atoms with van der Waals surface area (Å²) in [5, 5.41) is 12.6. The molecule has 4 N–H and O–H groups in total. The molecule has 0 radical (unpaired) electrons. The summed E-state index contributed by atoms with van der Waals surface area (Å²) in [6, 6.07) is 9.13. The molecule has 26 heavy (non-hydrogen) atoms. The Morgan fingerprint density at radius 3 is 2.42 bits per heavy atom.